The first-order valence-electron chi connectivity index (χ1n) is 6.39. The topological polar surface area (TPSA) is 3.24 Å². The summed E-state index contributed by atoms with van der Waals surface area (Å²) in [6.45, 7) is 2.51. The molecule has 0 radical (unpaired) electrons. The summed E-state index contributed by atoms with van der Waals surface area (Å²) in [7, 11) is 0. The summed E-state index contributed by atoms with van der Waals surface area (Å²) in [6.07, 6.45) is 7.19. The molecule has 1 heterocycles. The largest absolute Gasteiger partial charge is 0.369 e. The third kappa shape index (κ3) is 2.30. The van der Waals surface area contributed by atoms with Gasteiger partial charge >= 0.3 is 0 Å². The van der Waals surface area contributed by atoms with Crippen molar-refractivity contribution in [3.05, 3.63) is 26.8 Å². The summed E-state index contributed by atoms with van der Waals surface area (Å²) in [5.41, 5.74) is 2.02. The molecule has 17 heavy (non-hydrogen) atoms. The first-order valence-corrected chi connectivity index (χ1v) is 7.84. The van der Waals surface area contributed by atoms with E-state index < -0.39 is 0 Å². The van der Waals surface area contributed by atoms with Gasteiger partial charge in [0.25, 0.3) is 0 Å². The van der Waals surface area contributed by atoms with Gasteiger partial charge in [-0.2, -0.15) is 0 Å². The second-order valence-electron chi connectivity index (χ2n) is 5.51. The Morgan fingerprint density at radius 3 is 2.47 bits per heavy atom. The van der Waals surface area contributed by atoms with Crippen LogP contribution in [0.4, 0.5) is 5.69 Å². The summed E-state index contributed by atoms with van der Waals surface area (Å²) in [4.78, 5) is 2.52. The van der Waals surface area contributed by atoms with Crippen LogP contribution in [0.2, 0.25) is 5.02 Å². The first kappa shape index (κ1) is 12.1. The molecule has 92 valence electrons. The molecule has 0 aromatic heterocycles. The van der Waals surface area contributed by atoms with Gasteiger partial charge in [-0.15, -0.1) is 0 Å². The van der Waals surface area contributed by atoms with Crippen molar-refractivity contribution >= 4 is 39.9 Å². The molecule has 3 rings (SSSR count). The zero-order valence-electron chi connectivity index (χ0n) is 9.88. The van der Waals surface area contributed by atoms with Crippen molar-refractivity contribution in [3.8, 4) is 0 Å². The zero-order chi connectivity index (χ0) is 11.9. The Morgan fingerprint density at radius 2 is 1.82 bits per heavy atom. The smallest absolute Gasteiger partial charge is 0.0503 e. The highest BCUT2D eigenvalue weighted by Gasteiger charge is 2.43. The molecule has 0 amide bonds. The lowest BCUT2D eigenvalue weighted by Gasteiger charge is -2.53. The van der Waals surface area contributed by atoms with Gasteiger partial charge in [-0.25, -0.2) is 0 Å². The van der Waals surface area contributed by atoms with E-state index in [2.05, 4.69) is 39.6 Å². The van der Waals surface area contributed by atoms with Gasteiger partial charge in [0.05, 0.1) is 5.69 Å². The van der Waals surface area contributed by atoms with Gasteiger partial charge in [0.1, 0.15) is 0 Å². The Bertz CT molecular complexity index is 418. The van der Waals surface area contributed by atoms with E-state index in [4.69, 9.17) is 11.6 Å². The van der Waals surface area contributed by atoms with Crippen LogP contribution < -0.4 is 4.90 Å². The van der Waals surface area contributed by atoms with E-state index in [0.717, 1.165) is 5.02 Å². The van der Waals surface area contributed by atoms with E-state index in [1.54, 1.807) is 0 Å². The highest BCUT2D eigenvalue weighted by atomic mass is 127. The summed E-state index contributed by atoms with van der Waals surface area (Å²) >= 11 is 8.39. The molecule has 1 saturated carbocycles. The van der Waals surface area contributed by atoms with Crippen molar-refractivity contribution in [1.82, 2.24) is 0 Å². The maximum absolute atomic E-state index is 6.00. The SMILES string of the molecule is Clc1ccc(N2CC3(CCCCC3)C2)c(I)c1. The molecule has 0 bridgehead atoms. The van der Waals surface area contributed by atoms with Gasteiger partial charge in [-0.3, -0.25) is 0 Å². The lowest BCUT2D eigenvalue weighted by atomic mass is 9.68. The van der Waals surface area contributed by atoms with Gasteiger partial charge in [0.15, 0.2) is 0 Å². The third-order valence-electron chi connectivity index (χ3n) is 4.22. The Kier molecular flexibility index (Phi) is 3.28. The van der Waals surface area contributed by atoms with Crippen LogP contribution in [0.5, 0.6) is 0 Å². The summed E-state index contributed by atoms with van der Waals surface area (Å²) in [5, 5.41) is 0.839. The van der Waals surface area contributed by atoms with E-state index in [-0.39, 0.29) is 0 Å². The number of halogens is 2. The number of benzene rings is 1. The summed E-state index contributed by atoms with van der Waals surface area (Å²) < 4.78 is 1.28. The predicted octanol–water partition coefficient (Wildman–Crippen LogP) is 4.72. The van der Waals surface area contributed by atoms with Crippen LogP contribution >= 0.6 is 34.2 Å². The average molecular weight is 362 g/mol. The lowest BCUT2D eigenvalue weighted by Crippen LogP contribution is -2.57. The molecule has 1 saturated heterocycles. The van der Waals surface area contributed by atoms with Crippen LogP contribution in [-0.2, 0) is 0 Å². The highest BCUT2D eigenvalue weighted by molar-refractivity contribution is 14.1. The zero-order valence-corrected chi connectivity index (χ0v) is 12.8. The summed E-state index contributed by atoms with van der Waals surface area (Å²) in [6, 6.07) is 6.23. The fourth-order valence-electron chi connectivity index (χ4n) is 3.29. The van der Waals surface area contributed by atoms with Gasteiger partial charge < -0.3 is 4.90 Å². The lowest BCUT2D eigenvalue weighted by molar-refractivity contribution is 0.139. The van der Waals surface area contributed by atoms with Crippen LogP contribution in [0.15, 0.2) is 18.2 Å². The standard InChI is InChI=1S/C14H17ClIN/c15-11-4-5-13(12(16)8-11)17-9-14(10-17)6-2-1-3-7-14/h4-5,8H,1-3,6-7,9-10H2. The molecule has 1 aromatic carbocycles. The number of hydrogen-bond acceptors (Lipinski definition) is 1. The van der Waals surface area contributed by atoms with Gasteiger partial charge in [0, 0.05) is 27.1 Å². The Morgan fingerprint density at radius 1 is 1.12 bits per heavy atom. The molecule has 2 fully saturated rings. The van der Waals surface area contributed by atoms with Gasteiger partial charge in [-0.1, -0.05) is 30.9 Å². The van der Waals surface area contributed by atoms with Crippen LogP contribution in [0.1, 0.15) is 32.1 Å². The van der Waals surface area contributed by atoms with Crippen molar-refractivity contribution in [2.45, 2.75) is 32.1 Å². The fraction of sp³-hybridized carbons (Fsp3) is 0.571. The van der Waals surface area contributed by atoms with E-state index in [1.165, 1.54) is 54.5 Å². The van der Waals surface area contributed by atoms with Crippen LogP contribution in [0.3, 0.4) is 0 Å². The molecular weight excluding hydrogens is 345 g/mol. The molecule has 1 aromatic rings. The molecule has 2 aliphatic rings. The molecule has 0 unspecified atom stereocenters. The van der Waals surface area contributed by atoms with E-state index in [9.17, 15) is 0 Å². The van der Waals surface area contributed by atoms with Crippen molar-refractivity contribution in [1.29, 1.82) is 0 Å². The summed E-state index contributed by atoms with van der Waals surface area (Å²) in [5.74, 6) is 0. The van der Waals surface area contributed by atoms with Crippen LogP contribution in [0, 0.1) is 8.99 Å². The molecule has 1 aliphatic carbocycles. The number of anilines is 1. The van der Waals surface area contributed by atoms with Crippen molar-refractivity contribution < 1.29 is 0 Å². The van der Waals surface area contributed by atoms with Crippen LogP contribution in [-0.4, -0.2) is 13.1 Å². The van der Waals surface area contributed by atoms with Crippen molar-refractivity contribution in [3.63, 3.8) is 0 Å². The second-order valence-corrected chi connectivity index (χ2v) is 7.11. The number of nitrogens with zero attached hydrogens (tertiary/aromatic N) is 1. The van der Waals surface area contributed by atoms with Crippen LogP contribution in [0.25, 0.3) is 0 Å². The molecule has 0 atom stereocenters. The Balaban J connectivity index is 1.72. The Labute approximate surface area is 122 Å². The fourth-order valence-corrected chi connectivity index (χ4v) is 4.50. The normalized spacial score (nSPS) is 22.6. The predicted molar refractivity (Wildman–Crippen MR) is 81.9 cm³/mol. The highest BCUT2D eigenvalue weighted by Crippen LogP contribution is 2.46. The maximum atomic E-state index is 6.00. The molecule has 1 aliphatic heterocycles. The van der Waals surface area contributed by atoms with Crippen molar-refractivity contribution in [2.24, 2.45) is 5.41 Å². The molecular formula is C14H17ClIN. The van der Waals surface area contributed by atoms with Gasteiger partial charge in [0.2, 0.25) is 0 Å². The molecule has 1 nitrogen and oxygen atoms in total. The van der Waals surface area contributed by atoms with E-state index >= 15 is 0 Å². The average Bonchev–Trinajstić information content (AvgIpc) is 2.27. The van der Waals surface area contributed by atoms with Crippen molar-refractivity contribution in [2.75, 3.05) is 18.0 Å². The Hall–Kier alpha value is 0.0400. The number of rotatable bonds is 1. The minimum atomic E-state index is 0.654. The molecule has 1 spiro atoms. The van der Waals surface area contributed by atoms with Gasteiger partial charge in [-0.05, 0) is 53.6 Å². The molecule has 0 N–H and O–H groups in total. The molecule has 3 heteroatoms. The number of hydrogen-bond donors (Lipinski definition) is 0. The van der Waals surface area contributed by atoms with E-state index in [0.29, 0.717) is 5.41 Å². The van der Waals surface area contributed by atoms with E-state index in [1.807, 2.05) is 6.07 Å². The minimum absolute atomic E-state index is 0.654. The quantitative estimate of drug-likeness (QED) is 0.655. The maximum Gasteiger partial charge on any atom is 0.0503 e. The monoisotopic (exact) mass is 361 g/mol. The third-order valence-corrected chi connectivity index (χ3v) is 5.32. The first-order chi connectivity index (χ1) is 8.19. The minimum Gasteiger partial charge on any atom is -0.369 e. The second kappa shape index (κ2) is 4.61.